The lowest BCUT2D eigenvalue weighted by atomic mass is 9.99. The molecule has 3 aromatic rings. The molecule has 1 saturated heterocycles. The van der Waals surface area contributed by atoms with Crippen molar-refractivity contribution in [3.05, 3.63) is 59.1 Å². The first-order valence-corrected chi connectivity index (χ1v) is 12.8. The lowest BCUT2D eigenvalue weighted by Gasteiger charge is -2.23. The van der Waals surface area contributed by atoms with Gasteiger partial charge in [0.1, 0.15) is 23.7 Å². The SMILES string of the molecule is NC(=O)C=CCCCNc1cc2c(Nc3ccc(Br)cc3F)ncnc2cc1OCC1CCNCC1. The largest absolute Gasteiger partial charge is 0.491 e. The van der Waals surface area contributed by atoms with Gasteiger partial charge in [-0.1, -0.05) is 22.0 Å². The van der Waals surface area contributed by atoms with E-state index in [2.05, 4.69) is 41.8 Å². The molecule has 8 nitrogen and oxygen atoms in total. The van der Waals surface area contributed by atoms with E-state index >= 15 is 0 Å². The number of halogens is 2. The van der Waals surface area contributed by atoms with Gasteiger partial charge in [0.05, 0.1) is 23.5 Å². The smallest absolute Gasteiger partial charge is 0.241 e. The number of piperidine rings is 1. The molecule has 2 aromatic carbocycles. The number of ether oxygens (including phenoxy) is 1. The molecule has 2 heterocycles. The van der Waals surface area contributed by atoms with Gasteiger partial charge >= 0.3 is 0 Å². The number of hydrogen-bond donors (Lipinski definition) is 4. The lowest BCUT2D eigenvalue weighted by molar-refractivity contribution is -0.113. The molecule has 1 amide bonds. The van der Waals surface area contributed by atoms with Gasteiger partial charge in [-0.25, -0.2) is 14.4 Å². The Labute approximate surface area is 218 Å². The molecule has 1 fully saturated rings. The number of fused-ring (bicyclic) bond motifs is 1. The van der Waals surface area contributed by atoms with E-state index in [1.54, 1.807) is 18.2 Å². The number of aromatic nitrogens is 2. The average Bonchev–Trinajstić information content (AvgIpc) is 2.87. The highest BCUT2D eigenvalue weighted by atomic mass is 79.9. The summed E-state index contributed by atoms with van der Waals surface area (Å²) in [7, 11) is 0. The summed E-state index contributed by atoms with van der Waals surface area (Å²) in [5.74, 6) is 0.872. The van der Waals surface area contributed by atoms with Crippen LogP contribution in [0.1, 0.15) is 25.7 Å². The summed E-state index contributed by atoms with van der Waals surface area (Å²) in [5.41, 5.74) is 6.97. The molecule has 0 spiro atoms. The number of nitrogens with two attached hydrogens (primary N) is 1. The van der Waals surface area contributed by atoms with Crippen molar-refractivity contribution in [1.29, 1.82) is 0 Å². The van der Waals surface area contributed by atoms with Crippen molar-refractivity contribution < 1.29 is 13.9 Å². The molecular weight excluding hydrogens is 527 g/mol. The molecule has 190 valence electrons. The van der Waals surface area contributed by atoms with Crippen molar-refractivity contribution in [3.8, 4) is 5.75 Å². The predicted octanol–water partition coefficient (Wildman–Crippen LogP) is 4.89. The van der Waals surface area contributed by atoms with Gasteiger partial charge in [0.25, 0.3) is 0 Å². The maximum atomic E-state index is 14.5. The van der Waals surface area contributed by atoms with Gasteiger partial charge in [-0.05, 0) is 75.0 Å². The minimum atomic E-state index is -0.451. The summed E-state index contributed by atoms with van der Waals surface area (Å²) in [6.07, 6.45) is 8.27. The van der Waals surface area contributed by atoms with Crippen LogP contribution in [0.4, 0.5) is 21.6 Å². The topological polar surface area (TPSA) is 114 Å². The molecule has 5 N–H and O–H groups in total. The van der Waals surface area contributed by atoms with Crippen molar-refractivity contribution in [2.24, 2.45) is 11.7 Å². The first-order valence-electron chi connectivity index (χ1n) is 12.0. The second-order valence-electron chi connectivity index (χ2n) is 8.72. The van der Waals surface area contributed by atoms with E-state index in [1.165, 1.54) is 18.5 Å². The number of rotatable bonds is 11. The Kier molecular flexibility index (Phi) is 9.07. The molecular formula is C26H30BrFN6O2. The third-order valence-corrected chi connectivity index (χ3v) is 6.49. The number of nitrogens with one attached hydrogen (secondary N) is 3. The third kappa shape index (κ3) is 7.14. The molecule has 0 atom stereocenters. The molecule has 1 aromatic heterocycles. The number of carbonyl (C=O) groups is 1. The summed E-state index contributed by atoms with van der Waals surface area (Å²) in [6.45, 7) is 3.30. The Hall–Kier alpha value is -3.24. The van der Waals surface area contributed by atoms with Gasteiger partial charge in [0, 0.05) is 22.5 Å². The van der Waals surface area contributed by atoms with Crippen molar-refractivity contribution in [2.75, 3.05) is 36.9 Å². The molecule has 1 aliphatic heterocycles. The molecule has 4 rings (SSSR count). The Balaban J connectivity index is 1.57. The van der Waals surface area contributed by atoms with Crippen LogP contribution < -0.4 is 26.4 Å². The maximum absolute atomic E-state index is 14.5. The zero-order chi connectivity index (χ0) is 25.3. The molecule has 0 unspecified atom stereocenters. The normalized spacial score (nSPS) is 14.3. The number of allylic oxidation sites excluding steroid dienone is 1. The lowest BCUT2D eigenvalue weighted by Crippen LogP contribution is -2.30. The van der Waals surface area contributed by atoms with Gasteiger partial charge in [-0.2, -0.15) is 0 Å². The summed E-state index contributed by atoms with van der Waals surface area (Å²) in [4.78, 5) is 19.7. The first kappa shape index (κ1) is 25.8. The van der Waals surface area contributed by atoms with Crippen LogP contribution in [0, 0.1) is 11.7 Å². The van der Waals surface area contributed by atoms with Crippen molar-refractivity contribution in [2.45, 2.75) is 25.7 Å². The Morgan fingerprint density at radius 2 is 2.06 bits per heavy atom. The van der Waals surface area contributed by atoms with E-state index in [0.717, 1.165) is 43.4 Å². The molecule has 0 bridgehead atoms. The minimum Gasteiger partial charge on any atom is -0.491 e. The number of primary amides is 1. The number of amides is 1. The fraction of sp³-hybridized carbons (Fsp3) is 0.346. The Morgan fingerprint density at radius 1 is 1.22 bits per heavy atom. The monoisotopic (exact) mass is 556 g/mol. The predicted molar refractivity (Wildman–Crippen MR) is 144 cm³/mol. The summed E-state index contributed by atoms with van der Waals surface area (Å²) in [6, 6.07) is 8.66. The van der Waals surface area contributed by atoms with E-state index in [0.29, 0.717) is 52.7 Å². The maximum Gasteiger partial charge on any atom is 0.241 e. The fourth-order valence-corrected chi connectivity index (χ4v) is 4.39. The van der Waals surface area contributed by atoms with Gasteiger partial charge in [-0.3, -0.25) is 4.79 Å². The van der Waals surface area contributed by atoms with Crippen LogP contribution >= 0.6 is 15.9 Å². The second kappa shape index (κ2) is 12.6. The van der Waals surface area contributed by atoms with Gasteiger partial charge in [-0.15, -0.1) is 0 Å². The number of carbonyl (C=O) groups excluding carboxylic acids is 1. The van der Waals surface area contributed by atoms with Gasteiger partial charge in [0.2, 0.25) is 5.91 Å². The van der Waals surface area contributed by atoms with Crippen LogP contribution in [0.5, 0.6) is 5.75 Å². The van der Waals surface area contributed by atoms with E-state index in [9.17, 15) is 9.18 Å². The van der Waals surface area contributed by atoms with Crippen molar-refractivity contribution in [1.82, 2.24) is 15.3 Å². The average molecular weight is 557 g/mol. The fourth-order valence-electron chi connectivity index (χ4n) is 4.06. The Bertz CT molecular complexity index is 1230. The van der Waals surface area contributed by atoms with Crippen molar-refractivity contribution in [3.63, 3.8) is 0 Å². The first-order chi connectivity index (χ1) is 17.5. The van der Waals surface area contributed by atoms with Crippen LogP contribution in [0.25, 0.3) is 10.9 Å². The van der Waals surface area contributed by atoms with Crippen LogP contribution in [-0.2, 0) is 4.79 Å². The highest BCUT2D eigenvalue weighted by Gasteiger charge is 2.17. The quantitative estimate of drug-likeness (QED) is 0.196. The molecule has 1 aliphatic rings. The third-order valence-electron chi connectivity index (χ3n) is 6.00. The number of nitrogens with zero attached hydrogens (tertiary/aromatic N) is 2. The molecule has 0 aliphatic carbocycles. The van der Waals surface area contributed by atoms with Crippen LogP contribution in [-0.4, -0.2) is 42.1 Å². The molecule has 36 heavy (non-hydrogen) atoms. The Morgan fingerprint density at radius 3 is 2.83 bits per heavy atom. The highest BCUT2D eigenvalue weighted by molar-refractivity contribution is 9.10. The van der Waals surface area contributed by atoms with E-state index in [4.69, 9.17) is 10.5 Å². The van der Waals surface area contributed by atoms with Gasteiger partial charge in [0.15, 0.2) is 0 Å². The standard InChI is InChI=1S/C26H30BrFN6O2/c27-18-5-6-21(20(28)12-18)34-26-19-13-23(31-9-3-1-2-4-25(29)35)24(14-22(19)32-16-33-26)36-15-17-7-10-30-11-8-17/h2,4-6,12-14,16-17,30-31H,1,3,7-11,15H2,(H2,29,35)(H,32,33,34). The minimum absolute atomic E-state index is 0.320. The zero-order valence-electron chi connectivity index (χ0n) is 19.9. The van der Waals surface area contributed by atoms with Crippen LogP contribution in [0.3, 0.4) is 0 Å². The van der Waals surface area contributed by atoms with Gasteiger partial charge < -0.3 is 26.4 Å². The zero-order valence-corrected chi connectivity index (χ0v) is 21.5. The van der Waals surface area contributed by atoms with Crippen LogP contribution in [0.15, 0.2) is 53.3 Å². The summed E-state index contributed by atoms with van der Waals surface area (Å²) >= 11 is 3.28. The second-order valence-corrected chi connectivity index (χ2v) is 9.63. The molecule has 0 saturated carbocycles. The number of hydrogen-bond acceptors (Lipinski definition) is 7. The summed E-state index contributed by atoms with van der Waals surface area (Å²) in [5, 5.41) is 10.7. The molecule has 10 heteroatoms. The van der Waals surface area contributed by atoms with Crippen LogP contribution in [0.2, 0.25) is 0 Å². The highest BCUT2D eigenvalue weighted by Crippen LogP contribution is 2.34. The van der Waals surface area contributed by atoms with E-state index < -0.39 is 5.91 Å². The number of anilines is 3. The van der Waals surface area contributed by atoms with Crippen molar-refractivity contribution >= 4 is 49.9 Å². The molecule has 0 radical (unpaired) electrons. The number of benzene rings is 2. The van der Waals surface area contributed by atoms with E-state index in [1.807, 2.05) is 12.1 Å². The number of unbranched alkanes of at least 4 members (excludes halogenated alkanes) is 1. The van der Waals surface area contributed by atoms with E-state index in [-0.39, 0.29) is 5.82 Å². The summed E-state index contributed by atoms with van der Waals surface area (Å²) < 4.78 is 21.4.